The Kier molecular flexibility index (Phi) is 7.36. The van der Waals surface area contributed by atoms with Crippen LogP contribution >= 0.6 is 11.3 Å². The highest BCUT2D eigenvalue weighted by Gasteiger charge is 2.17. The van der Waals surface area contributed by atoms with Crippen LogP contribution in [-0.2, 0) is 22.4 Å². The number of aromatic nitrogens is 1. The molecule has 0 aliphatic rings. The zero-order valence-electron chi connectivity index (χ0n) is 15.5. The number of allylic oxidation sites excluding steroid dienone is 1. The van der Waals surface area contributed by atoms with Crippen molar-refractivity contribution in [3.05, 3.63) is 47.0 Å². The molecule has 0 atom stereocenters. The van der Waals surface area contributed by atoms with E-state index in [0.29, 0.717) is 40.9 Å². The number of ether oxygens (including phenoxy) is 3. The minimum absolute atomic E-state index is 0.0695. The maximum atomic E-state index is 12.6. The summed E-state index contributed by atoms with van der Waals surface area (Å²) in [6.45, 7) is 5.79. The summed E-state index contributed by atoms with van der Waals surface area (Å²) in [5.41, 5.74) is 1.75. The Morgan fingerprint density at radius 3 is 2.70 bits per heavy atom. The number of carbonyl (C=O) groups is 2. The van der Waals surface area contributed by atoms with Crippen molar-refractivity contribution in [1.29, 1.82) is 0 Å². The van der Waals surface area contributed by atoms with Gasteiger partial charge in [0.1, 0.15) is 0 Å². The molecule has 0 radical (unpaired) electrons. The van der Waals surface area contributed by atoms with Crippen LogP contribution in [0, 0.1) is 0 Å². The van der Waals surface area contributed by atoms with Crippen molar-refractivity contribution in [2.75, 3.05) is 26.1 Å². The highest BCUT2D eigenvalue weighted by Crippen LogP contribution is 2.33. The molecular weight excluding hydrogens is 368 g/mol. The van der Waals surface area contributed by atoms with E-state index < -0.39 is 0 Å². The molecule has 2 aromatic rings. The van der Waals surface area contributed by atoms with Gasteiger partial charge >= 0.3 is 5.97 Å². The molecule has 0 aliphatic carbocycles. The second kappa shape index (κ2) is 9.72. The number of anilines is 1. The summed E-state index contributed by atoms with van der Waals surface area (Å²) < 4.78 is 15.6. The molecule has 7 nitrogen and oxygen atoms in total. The van der Waals surface area contributed by atoms with E-state index >= 15 is 0 Å². The molecular formula is C19H22N2O5S. The van der Waals surface area contributed by atoms with E-state index in [-0.39, 0.29) is 18.3 Å². The average molecular weight is 390 g/mol. The maximum Gasteiger partial charge on any atom is 0.311 e. The number of rotatable bonds is 9. The standard InChI is InChI=1S/C19H22N2O5S/c1-5-7-12-8-13(9-15(24-3)17(12)25-4)18(23)21-19-20-14(11-27-19)10-16(22)26-6-2/h5,8-9,11H,1,6-7,10H2,2-4H3,(H,20,21,23). The van der Waals surface area contributed by atoms with E-state index in [4.69, 9.17) is 14.2 Å². The Labute approximate surface area is 162 Å². The highest BCUT2D eigenvalue weighted by molar-refractivity contribution is 7.14. The maximum absolute atomic E-state index is 12.6. The first-order valence-corrected chi connectivity index (χ1v) is 9.17. The molecule has 1 aromatic carbocycles. The summed E-state index contributed by atoms with van der Waals surface area (Å²) in [6.07, 6.45) is 2.32. The summed E-state index contributed by atoms with van der Waals surface area (Å²) in [6, 6.07) is 3.33. The van der Waals surface area contributed by atoms with E-state index in [1.54, 1.807) is 37.6 Å². The van der Waals surface area contributed by atoms with Crippen molar-refractivity contribution in [3.8, 4) is 11.5 Å². The number of amides is 1. The molecule has 0 fully saturated rings. The van der Waals surface area contributed by atoms with Gasteiger partial charge in [0.25, 0.3) is 5.91 Å². The highest BCUT2D eigenvalue weighted by atomic mass is 32.1. The third kappa shape index (κ3) is 5.30. The van der Waals surface area contributed by atoms with Gasteiger partial charge < -0.3 is 14.2 Å². The number of benzene rings is 1. The van der Waals surface area contributed by atoms with Crippen LogP contribution in [0.4, 0.5) is 5.13 Å². The molecule has 0 saturated heterocycles. The molecule has 1 N–H and O–H groups in total. The quantitative estimate of drug-likeness (QED) is 0.522. The Bertz CT molecular complexity index is 832. The fraction of sp³-hybridized carbons (Fsp3) is 0.316. The van der Waals surface area contributed by atoms with Crippen LogP contribution in [0.1, 0.15) is 28.5 Å². The summed E-state index contributed by atoms with van der Waals surface area (Å²) in [5, 5.41) is 4.85. The van der Waals surface area contributed by atoms with Crippen LogP contribution in [0.2, 0.25) is 0 Å². The lowest BCUT2D eigenvalue weighted by atomic mass is 10.1. The Balaban J connectivity index is 2.18. The van der Waals surface area contributed by atoms with Crippen molar-refractivity contribution in [1.82, 2.24) is 4.98 Å². The van der Waals surface area contributed by atoms with Crippen LogP contribution < -0.4 is 14.8 Å². The number of thiazole rings is 1. The first-order valence-electron chi connectivity index (χ1n) is 8.29. The van der Waals surface area contributed by atoms with Gasteiger partial charge in [0, 0.05) is 16.5 Å². The minimum atomic E-state index is -0.352. The third-order valence-electron chi connectivity index (χ3n) is 3.59. The first-order chi connectivity index (χ1) is 13.0. The van der Waals surface area contributed by atoms with Crippen molar-refractivity contribution in [2.45, 2.75) is 19.8 Å². The van der Waals surface area contributed by atoms with Crippen LogP contribution in [0.25, 0.3) is 0 Å². The second-order valence-corrected chi connectivity index (χ2v) is 6.30. The zero-order valence-corrected chi connectivity index (χ0v) is 16.4. The topological polar surface area (TPSA) is 86.8 Å². The SMILES string of the molecule is C=CCc1cc(C(=O)Nc2nc(CC(=O)OCC)cs2)cc(OC)c1OC. The normalized spacial score (nSPS) is 10.2. The summed E-state index contributed by atoms with van der Waals surface area (Å²) >= 11 is 1.24. The van der Waals surface area contributed by atoms with Gasteiger partial charge in [-0.3, -0.25) is 14.9 Å². The number of hydrogen-bond donors (Lipinski definition) is 1. The van der Waals surface area contributed by atoms with Crippen molar-refractivity contribution in [2.24, 2.45) is 0 Å². The lowest BCUT2D eigenvalue weighted by Crippen LogP contribution is -2.13. The number of esters is 1. The van der Waals surface area contributed by atoms with E-state index in [9.17, 15) is 9.59 Å². The summed E-state index contributed by atoms with van der Waals surface area (Å²) in [4.78, 5) is 28.4. The van der Waals surface area contributed by atoms with Gasteiger partial charge in [-0.05, 0) is 25.5 Å². The molecule has 0 saturated carbocycles. The molecule has 8 heteroatoms. The smallest absolute Gasteiger partial charge is 0.311 e. The van der Waals surface area contributed by atoms with Crippen molar-refractivity contribution in [3.63, 3.8) is 0 Å². The second-order valence-electron chi connectivity index (χ2n) is 5.44. The molecule has 0 aliphatic heterocycles. The Morgan fingerprint density at radius 1 is 1.30 bits per heavy atom. The number of nitrogens with one attached hydrogen (secondary N) is 1. The predicted molar refractivity (Wildman–Crippen MR) is 104 cm³/mol. The Hall–Kier alpha value is -2.87. The van der Waals surface area contributed by atoms with E-state index in [0.717, 1.165) is 5.56 Å². The van der Waals surface area contributed by atoms with Gasteiger partial charge in [0.15, 0.2) is 16.6 Å². The first kappa shape index (κ1) is 20.4. The lowest BCUT2D eigenvalue weighted by molar-refractivity contribution is -0.142. The van der Waals surface area contributed by atoms with Crippen LogP contribution in [-0.4, -0.2) is 37.7 Å². The molecule has 1 heterocycles. The monoisotopic (exact) mass is 390 g/mol. The van der Waals surface area contributed by atoms with Crippen molar-refractivity contribution >= 4 is 28.3 Å². The molecule has 0 unspecified atom stereocenters. The molecule has 1 amide bonds. The number of nitrogens with zero attached hydrogens (tertiary/aromatic N) is 1. The minimum Gasteiger partial charge on any atom is -0.493 e. The largest absolute Gasteiger partial charge is 0.493 e. The molecule has 0 spiro atoms. The molecule has 2 rings (SSSR count). The van der Waals surface area contributed by atoms with Crippen LogP contribution in [0.15, 0.2) is 30.2 Å². The molecule has 27 heavy (non-hydrogen) atoms. The number of methoxy groups -OCH3 is 2. The van der Waals surface area contributed by atoms with Gasteiger partial charge in [-0.2, -0.15) is 0 Å². The van der Waals surface area contributed by atoms with Crippen LogP contribution in [0.5, 0.6) is 11.5 Å². The van der Waals surface area contributed by atoms with Gasteiger partial charge in [-0.15, -0.1) is 17.9 Å². The molecule has 144 valence electrons. The number of hydrogen-bond acceptors (Lipinski definition) is 7. The van der Waals surface area contributed by atoms with Crippen LogP contribution in [0.3, 0.4) is 0 Å². The Morgan fingerprint density at radius 2 is 2.07 bits per heavy atom. The van der Waals surface area contributed by atoms with E-state index in [1.807, 2.05) is 0 Å². The molecule has 1 aromatic heterocycles. The van der Waals surface area contributed by atoms with Gasteiger partial charge in [-0.1, -0.05) is 6.08 Å². The third-order valence-corrected chi connectivity index (χ3v) is 4.39. The van der Waals surface area contributed by atoms with Crippen molar-refractivity contribution < 1.29 is 23.8 Å². The van der Waals surface area contributed by atoms with Gasteiger partial charge in [0.2, 0.25) is 0 Å². The summed E-state index contributed by atoms with van der Waals surface area (Å²) in [5.74, 6) is 0.344. The van der Waals surface area contributed by atoms with E-state index in [1.165, 1.54) is 18.4 Å². The fourth-order valence-electron chi connectivity index (χ4n) is 2.46. The van der Waals surface area contributed by atoms with Gasteiger partial charge in [-0.25, -0.2) is 4.98 Å². The lowest BCUT2D eigenvalue weighted by Gasteiger charge is -2.14. The predicted octanol–water partition coefficient (Wildman–Crippen LogP) is 3.25. The molecule has 0 bridgehead atoms. The summed E-state index contributed by atoms with van der Waals surface area (Å²) in [7, 11) is 3.06. The van der Waals surface area contributed by atoms with Gasteiger partial charge in [0.05, 0.1) is 32.9 Å². The fourth-order valence-corrected chi connectivity index (χ4v) is 3.16. The average Bonchev–Trinajstić information content (AvgIpc) is 3.08. The number of carbonyl (C=O) groups excluding carboxylic acids is 2. The zero-order chi connectivity index (χ0) is 19.8. The van der Waals surface area contributed by atoms with E-state index in [2.05, 4.69) is 16.9 Å².